The zero-order chi connectivity index (χ0) is 22.0. The molecule has 1 amide bonds. The molecule has 0 fully saturated rings. The summed E-state index contributed by atoms with van der Waals surface area (Å²) in [6.45, 7) is 4.38. The highest BCUT2D eigenvalue weighted by Gasteiger charge is 2.15. The van der Waals surface area contributed by atoms with Gasteiger partial charge in [-0.2, -0.15) is 0 Å². The van der Waals surface area contributed by atoms with Crippen LogP contribution in [0.5, 0.6) is 5.75 Å². The molecule has 5 nitrogen and oxygen atoms in total. The topological polar surface area (TPSA) is 64.4 Å². The van der Waals surface area contributed by atoms with Gasteiger partial charge in [0.25, 0.3) is 5.91 Å². The number of methoxy groups -OCH3 is 1. The van der Waals surface area contributed by atoms with Gasteiger partial charge in [-0.1, -0.05) is 41.9 Å². The van der Waals surface area contributed by atoms with Crippen molar-refractivity contribution >= 4 is 38.6 Å². The number of nitrogens with one attached hydrogen (secondary N) is 1. The van der Waals surface area contributed by atoms with E-state index in [9.17, 15) is 4.79 Å². The van der Waals surface area contributed by atoms with Gasteiger partial charge < -0.3 is 14.5 Å². The Morgan fingerprint density at radius 1 is 1.16 bits per heavy atom. The maximum absolute atomic E-state index is 12.8. The fraction of sp³-hybridized carbons (Fsp3) is 0.200. The molecule has 1 heterocycles. The van der Waals surface area contributed by atoms with Crippen molar-refractivity contribution in [2.75, 3.05) is 12.4 Å². The average molecular weight is 479 g/mol. The fourth-order valence-corrected chi connectivity index (χ4v) is 3.76. The number of anilines is 1. The van der Waals surface area contributed by atoms with E-state index in [-0.39, 0.29) is 5.91 Å². The van der Waals surface area contributed by atoms with Gasteiger partial charge >= 0.3 is 0 Å². The molecule has 31 heavy (non-hydrogen) atoms. The van der Waals surface area contributed by atoms with Crippen LogP contribution in [-0.2, 0) is 0 Å². The summed E-state index contributed by atoms with van der Waals surface area (Å²) in [6.07, 6.45) is 1.07. The highest BCUT2D eigenvalue weighted by atomic mass is 79.9. The molecule has 0 unspecified atom stereocenters. The normalized spacial score (nSPS) is 12.0. The lowest BCUT2D eigenvalue weighted by Crippen LogP contribution is -2.13. The maximum atomic E-state index is 12.8. The molecule has 0 radical (unpaired) electrons. The Morgan fingerprint density at radius 3 is 2.77 bits per heavy atom. The molecule has 0 aliphatic rings. The van der Waals surface area contributed by atoms with Crippen LogP contribution in [0.3, 0.4) is 0 Å². The van der Waals surface area contributed by atoms with E-state index in [0.29, 0.717) is 28.8 Å². The van der Waals surface area contributed by atoms with Crippen molar-refractivity contribution in [1.29, 1.82) is 0 Å². The first kappa shape index (κ1) is 21.1. The third-order valence-corrected chi connectivity index (χ3v) is 5.86. The summed E-state index contributed by atoms with van der Waals surface area (Å²) in [5.41, 5.74) is 4.71. The van der Waals surface area contributed by atoms with Crippen LogP contribution in [0.4, 0.5) is 5.69 Å². The molecular formula is C25H23BrN2O3. The summed E-state index contributed by atoms with van der Waals surface area (Å²) in [4.78, 5) is 17.5. The number of oxazole rings is 1. The van der Waals surface area contributed by atoms with E-state index >= 15 is 0 Å². The molecule has 0 spiro atoms. The number of hydrogen-bond acceptors (Lipinski definition) is 4. The van der Waals surface area contributed by atoms with Crippen molar-refractivity contribution in [3.05, 3.63) is 76.3 Å². The maximum Gasteiger partial charge on any atom is 0.259 e. The molecule has 1 aromatic heterocycles. The van der Waals surface area contributed by atoms with Crippen molar-refractivity contribution in [3.63, 3.8) is 0 Å². The Bertz CT molecular complexity index is 1250. The minimum Gasteiger partial charge on any atom is -0.496 e. The van der Waals surface area contributed by atoms with Crippen molar-refractivity contribution < 1.29 is 13.9 Å². The molecule has 0 aliphatic carbocycles. The van der Waals surface area contributed by atoms with Crippen molar-refractivity contribution in [2.24, 2.45) is 0 Å². The van der Waals surface area contributed by atoms with Gasteiger partial charge in [0.15, 0.2) is 5.58 Å². The van der Waals surface area contributed by atoms with Gasteiger partial charge in [0.1, 0.15) is 11.3 Å². The summed E-state index contributed by atoms with van der Waals surface area (Å²) >= 11 is 3.40. The van der Waals surface area contributed by atoms with Crippen LogP contribution in [0.15, 0.2) is 69.6 Å². The summed E-state index contributed by atoms with van der Waals surface area (Å²) in [5, 5.41) is 2.93. The fourth-order valence-electron chi connectivity index (χ4n) is 3.40. The number of nitrogens with zero attached hydrogens (tertiary/aromatic N) is 1. The molecule has 0 aliphatic heterocycles. The first-order valence-corrected chi connectivity index (χ1v) is 10.9. The zero-order valence-electron chi connectivity index (χ0n) is 17.6. The quantitative estimate of drug-likeness (QED) is 0.322. The lowest BCUT2D eigenvalue weighted by molar-refractivity contribution is 0.102. The first-order chi connectivity index (χ1) is 15.0. The highest BCUT2D eigenvalue weighted by molar-refractivity contribution is 9.10. The molecule has 1 N–H and O–H groups in total. The number of benzene rings is 3. The predicted molar refractivity (Wildman–Crippen MR) is 127 cm³/mol. The van der Waals surface area contributed by atoms with E-state index in [1.165, 1.54) is 5.56 Å². The Balaban J connectivity index is 1.61. The monoisotopic (exact) mass is 478 g/mol. The predicted octanol–water partition coefficient (Wildman–Crippen LogP) is 7.03. The summed E-state index contributed by atoms with van der Waals surface area (Å²) in [5.74, 6) is 1.24. The van der Waals surface area contributed by atoms with E-state index in [1.807, 2.05) is 36.4 Å². The lowest BCUT2D eigenvalue weighted by atomic mass is 9.98. The third kappa shape index (κ3) is 4.49. The van der Waals surface area contributed by atoms with E-state index in [1.54, 1.807) is 19.2 Å². The number of aromatic nitrogens is 1. The van der Waals surface area contributed by atoms with Crippen LogP contribution < -0.4 is 10.1 Å². The number of carbonyl (C=O) groups excluding carboxylic acids is 1. The third-order valence-electron chi connectivity index (χ3n) is 5.37. The molecule has 0 saturated carbocycles. The van der Waals surface area contributed by atoms with Gasteiger partial charge in [0.05, 0.1) is 12.7 Å². The average Bonchev–Trinajstić information content (AvgIpc) is 3.22. The smallest absolute Gasteiger partial charge is 0.259 e. The van der Waals surface area contributed by atoms with E-state index in [2.05, 4.69) is 52.2 Å². The number of fused-ring (bicyclic) bond motifs is 1. The van der Waals surface area contributed by atoms with Gasteiger partial charge in [-0.3, -0.25) is 4.79 Å². The Morgan fingerprint density at radius 2 is 2.00 bits per heavy atom. The number of halogens is 1. The van der Waals surface area contributed by atoms with Gasteiger partial charge in [-0.05, 0) is 66.4 Å². The van der Waals surface area contributed by atoms with Crippen LogP contribution >= 0.6 is 15.9 Å². The summed E-state index contributed by atoms with van der Waals surface area (Å²) in [7, 11) is 1.54. The van der Waals surface area contributed by atoms with Crippen molar-refractivity contribution in [3.8, 4) is 17.2 Å². The second-order valence-corrected chi connectivity index (χ2v) is 8.35. The first-order valence-electron chi connectivity index (χ1n) is 10.1. The van der Waals surface area contributed by atoms with Gasteiger partial charge in [0, 0.05) is 15.7 Å². The van der Waals surface area contributed by atoms with Crippen molar-refractivity contribution in [1.82, 2.24) is 4.98 Å². The Labute approximate surface area is 189 Å². The lowest BCUT2D eigenvalue weighted by Gasteiger charge is -2.10. The Hall–Kier alpha value is -3.12. The number of amides is 1. The minimum atomic E-state index is -0.258. The molecular weight excluding hydrogens is 456 g/mol. The van der Waals surface area contributed by atoms with E-state index in [4.69, 9.17) is 9.15 Å². The van der Waals surface area contributed by atoms with E-state index in [0.717, 1.165) is 27.6 Å². The van der Waals surface area contributed by atoms with Crippen LogP contribution in [0, 0.1) is 0 Å². The van der Waals surface area contributed by atoms with E-state index < -0.39 is 0 Å². The molecule has 1 atom stereocenters. The number of hydrogen-bond donors (Lipinski definition) is 1. The molecule has 0 bridgehead atoms. The second kappa shape index (κ2) is 8.94. The number of ether oxygens (including phenoxy) is 1. The Kier molecular flexibility index (Phi) is 6.09. The minimum absolute atomic E-state index is 0.258. The molecule has 4 rings (SSSR count). The molecule has 158 valence electrons. The number of carbonyl (C=O) groups is 1. The SMILES string of the molecule is CC[C@H](C)c1ccc2oc(-c3cccc(NC(=O)c4cc(Br)ccc4OC)c3)nc2c1. The van der Waals surface area contributed by atoms with Gasteiger partial charge in [0.2, 0.25) is 5.89 Å². The molecule has 0 saturated heterocycles. The molecule has 4 aromatic rings. The van der Waals surface area contributed by atoms with Crippen LogP contribution in [0.1, 0.15) is 42.1 Å². The summed E-state index contributed by atoms with van der Waals surface area (Å²) in [6, 6.07) is 18.9. The van der Waals surface area contributed by atoms with Crippen LogP contribution in [-0.4, -0.2) is 18.0 Å². The second-order valence-electron chi connectivity index (χ2n) is 7.44. The standard InChI is InChI=1S/C25H23BrN2O3/c1-4-15(2)16-8-10-23-21(13-16)28-25(31-23)17-6-5-7-19(12-17)27-24(29)20-14-18(26)9-11-22(20)30-3/h5-15H,4H2,1-3H3,(H,27,29)/t15-/m0/s1. The highest BCUT2D eigenvalue weighted by Crippen LogP contribution is 2.30. The largest absolute Gasteiger partial charge is 0.496 e. The van der Waals surface area contributed by atoms with Gasteiger partial charge in [-0.25, -0.2) is 4.98 Å². The molecule has 6 heteroatoms. The van der Waals surface area contributed by atoms with Gasteiger partial charge in [-0.15, -0.1) is 0 Å². The van der Waals surface area contributed by atoms with Crippen LogP contribution in [0.25, 0.3) is 22.6 Å². The van der Waals surface area contributed by atoms with Crippen molar-refractivity contribution in [2.45, 2.75) is 26.2 Å². The zero-order valence-corrected chi connectivity index (χ0v) is 19.2. The molecule has 3 aromatic carbocycles. The van der Waals surface area contributed by atoms with Crippen LogP contribution in [0.2, 0.25) is 0 Å². The summed E-state index contributed by atoms with van der Waals surface area (Å²) < 4.78 is 12.1. The number of rotatable bonds is 6.